The number of rotatable bonds is 5. The maximum Gasteiger partial charge on any atom is 0.338 e. The Bertz CT molecular complexity index is 803. The van der Waals surface area contributed by atoms with Crippen molar-refractivity contribution in [2.24, 2.45) is 0 Å². The summed E-state index contributed by atoms with van der Waals surface area (Å²) in [6.07, 6.45) is 0. The Morgan fingerprint density at radius 1 is 1.21 bits per heavy atom. The summed E-state index contributed by atoms with van der Waals surface area (Å²) in [5.41, 5.74) is -0.250. The summed E-state index contributed by atoms with van der Waals surface area (Å²) in [6, 6.07) is 8.72. The number of carbonyl (C=O) groups is 1. The highest BCUT2D eigenvalue weighted by Gasteiger charge is 2.21. The molecule has 1 aliphatic rings. The van der Waals surface area contributed by atoms with Crippen LogP contribution in [0.2, 0.25) is 0 Å². The van der Waals surface area contributed by atoms with Gasteiger partial charge < -0.3 is 18.9 Å². The first-order chi connectivity index (χ1) is 11.6. The molecule has 0 aliphatic carbocycles. The van der Waals surface area contributed by atoms with Crippen LogP contribution in [0.4, 0.5) is 5.69 Å². The van der Waals surface area contributed by atoms with Gasteiger partial charge in [-0.25, -0.2) is 4.79 Å². The zero-order chi connectivity index (χ0) is 17.1. The number of nitrogens with zero attached hydrogens (tertiary/aromatic N) is 1. The highest BCUT2D eigenvalue weighted by molar-refractivity contribution is 5.90. The molecule has 0 unspecified atom stereocenters. The molecule has 2 aromatic rings. The van der Waals surface area contributed by atoms with E-state index in [2.05, 4.69) is 0 Å². The lowest BCUT2D eigenvalue weighted by molar-refractivity contribution is -0.385. The third kappa shape index (κ3) is 3.07. The van der Waals surface area contributed by atoms with E-state index in [0.717, 1.165) is 6.07 Å². The van der Waals surface area contributed by atoms with Crippen molar-refractivity contribution in [1.82, 2.24) is 0 Å². The Kier molecular flexibility index (Phi) is 4.19. The van der Waals surface area contributed by atoms with Gasteiger partial charge in [0, 0.05) is 12.1 Å². The second-order valence-electron chi connectivity index (χ2n) is 4.78. The average molecular weight is 331 g/mol. The fourth-order valence-corrected chi connectivity index (χ4v) is 2.16. The van der Waals surface area contributed by atoms with Gasteiger partial charge in [-0.2, -0.15) is 0 Å². The average Bonchev–Trinajstić information content (AvgIpc) is 3.03. The summed E-state index contributed by atoms with van der Waals surface area (Å²) in [6.45, 7) is 1.96. The smallest absolute Gasteiger partial charge is 0.338 e. The van der Waals surface area contributed by atoms with Crippen molar-refractivity contribution in [2.75, 3.05) is 13.4 Å². The van der Waals surface area contributed by atoms with Gasteiger partial charge in [0.2, 0.25) is 12.5 Å². The number of hydrogen-bond acceptors (Lipinski definition) is 7. The monoisotopic (exact) mass is 331 g/mol. The minimum absolute atomic E-state index is 0.00640. The largest absolute Gasteiger partial charge is 0.462 e. The van der Waals surface area contributed by atoms with E-state index in [-0.39, 0.29) is 30.4 Å². The van der Waals surface area contributed by atoms with Crippen LogP contribution in [0.1, 0.15) is 17.3 Å². The topological polar surface area (TPSA) is 97.1 Å². The van der Waals surface area contributed by atoms with E-state index < -0.39 is 10.9 Å². The fraction of sp³-hybridized carbons (Fsp3) is 0.188. The molecule has 0 atom stereocenters. The minimum Gasteiger partial charge on any atom is -0.462 e. The second-order valence-corrected chi connectivity index (χ2v) is 4.78. The van der Waals surface area contributed by atoms with Crippen LogP contribution in [0.25, 0.3) is 0 Å². The summed E-state index contributed by atoms with van der Waals surface area (Å²) >= 11 is 0. The number of hydrogen-bond donors (Lipinski definition) is 0. The van der Waals surface area contributed by atoms with Crippen LogP contribution in [-0.2, 0) is 4.74 Å². The van der Waals surface area contributed by atoms with Gasteiger partial charge in [0.1, 0.15) is 5.75 Å². The first-order valence-corrected chi connectivity index (χ1v) is 7.11. The molecular formula is C16H13NO7. The predicted molar refractivity (Wildman–Crippen MR) is 81.7 cm³/mol. The summed E-state index contributed by atoms with van der Waals surface area (Å²) in [5.74, 6) is 0.807. The van der Waals surface area contributed by atoms with Crippen molar-refractivity contribution in [3.8, 4) is 23.0 Å². The maximum absolute atomic E-state index is 11.7. The summed E-state index contributed by atoms with van der Waals surface area (Å²) in [7, 11) is 0. The van der Waals surface area contributed by atoms with E-state index in [9.17, 15) is 14.9 Å². The third-order valence-electron chi connectivity index (χ3n) is 3.24. The van der Waals surface area contributed by atoms with Crippen molar-refractivity contribution in [3.63, 3.8) is 0 Å². The number of carbonyl (C=O) groups excluding carboxylic acids is 1. The number of nitro groups is 1. The van der Waals surface area contributed by atoms with E-state index >= 15 is 0 Å². The standard InChI is InChI=1S/C16H13NO7/c1-2-21-16(18)10-3-5-13(12(7-10)17(19)20)24-11-4-6-14-15(8-11)23-9-22-14/h3-8H,2,9H2,1H3. The van der Waals surface area contributed by atoms with Crippen LogP contribution in [0.15, 0.2) is 36.4 Å². The second kappa shape index (κ2) is 6.45. The molecule has 1 heterocycles. The van der Waals surface area contributed by atoms with Gasteiger partial charge in [0.25, 0.3) is 0 Å². The number of esters is 1. The fourth-order valence-electron chi connectivity index (χ4n) is 2.16. The highest BCUT2D eigenvalue weighted by Crippen LogP contribution is 2.38. The molecule has 8 heteroatoms. The third-order valence-corrected chi connectivity index (χ3v) is 3.24. The molecule has 0 amide bonds. The molecule has 0 saturated carbocycles. The quantitative estimate of drug-likeness (QED) is 0.471. The first-order valence-electron chi connectivity index (χ1n) is 7.11. The van der Waals surface area contributed by atoms with E-state index in [1.54, 1.807) is 25.1 Å². The molecule has 0 fully saturated rings. The molecule has 0 saturated heterocycles. The number of nitro benzene ring substituents is 1. The van der Waals surface area contributed by atoms with E-state index in [1.165, 1.54) is 12.1 Å². The highest BCUT2D eigenvalue weighted by atomic mass is 16.7. The van der Waals surface area contributed by atoms with E-state index in [0.29, 0.717) is 17.2 Å². The molecule has 0 spiro atoms. The Hall–Kier alpha value is -3.29. The lowest BCUT2D eigenvalue weighted by Gasteiger charge is -2.08. The Labute approximate surface area is 136 Å². The molecule has 0 N–H and O–H groups in total. The van der Waals surface area contributed by atoms with Gasteiger partial charge in [-0.1, -0.05) is 0 Å². The lowest BCUT2D eigenvalue weighted by Crippen LogP contribution is -2.05. The minimum atomic E-state index is -0.629. The van der Waals surface area contributed by atoms with Gasteiger partial charge in [0.05, 0.1) is 17.1 Å². The van der Waals surface area contributed by atoms with Gasteiger partial charge in [-0.15, -0.1) is 0 Å². The Morgan fingerprint density at radius 2 is 2.00 bits per heavy atom. The normalized spacial score (nSPS) is 11.9. The Morgan fingerprint density at radius 3 is 2.75 bits per heavy atom. The molecule has 0 aromatic heterocycles. The van der Waals surface area contributed by atoms with E-state index in [4.69, 9.17) is 18.9 Å². The van der Waals surface area contributed by atoms with Crippen LogP contribution in [0.3, 0.4) is 0 Å². The maximum atomic E-state index is 11.7. The number of ether oxygens (including phenoxy) is 4. The molecular weight excluding hydrogens is 318 g/mol. The van der Waals surface area contributed by atoms with Crippen molar-refractivity contribution in [1.29, 1.82) is 0 Å². The van der Waals surface area contributed by atoms with Crippen LogP contribution in [0, 0.1) is 10.1 Å². The zero-order valence-corrected chi connectivity index (χ0v) is 12.7. The molecule has 1 aliphatic heterocycles. The lowest BCUT2D eigenvalue weighted by atomic mass is 10.2. The van der Waals surface area contributed by atoms with Gasteiger partial charge in [0.15, 0.2) is 11.5 Å². The van der Waals surface area contributed by atoms with Crippen molar-refractivity contribution < 1.29 is 28.7 Å². The molecule has 0 bridgehead atoms. The molecule has 3 rings (SSSR count). The van der Waals surface area contributed by atoms with Gasteiger partial charge in [-0.3, -0.25) is 10.1 Å². The van der Waals surface area contributed by atoms with Crippen molar-refractivity contribution >= 4 is 11.7 Å². The van der Waals surface area contributed by atoms with Crippen molar-refractivity contribution in [2.45, 2.75) is 6.92 Å². The van der Waals surface area contributed by atoms with Gasteiger partial charge in [-0.05, 0) is 31.2 Å². The van der Waals surface area contributed by atoms with Crippen LogP contribution < -0.4 is 14.2 Å². The number of fused-ring (bicyclic) bond motifs is 1. The summed E-state index contributed by atoms with van der Waals surface area (Å²) in [5, 5.41) is 11.3. The van der Waals surface area contributed by atoms with Crippen LogP contribution in [0.5, 0.6) is 23.0 Å². The molecule has 0 radical (unpaired) electrons. The van der Waals surface area contributed by atoms with Gasteiger partial charge >= 0.3 is 11.7 Å². The molecule has 24 heavy (non-hydrogen) atoms. The predicted octanol–water partition coefficient (Wildman–Crippen LogP) is 3.29. The summed E-state index contributed by atoms with van der Waals surface area (Å²) in [4.78, 5) is 22.3. The SMILES string of the molecule is CCOC(=O)c1ccc(Oc2ccc3c(c2)OCO3)c([N+](=O)[O-])c1. The molecule has 8 nitrogen and oxygen atoms in total. The number of benzene rings is 2. The zero-order valence-electron chi connectivity index (χ0n) is 12.7. The molecule has 124 valence electrons. The summed E-state index contributed by atoms with van der Waals surface area (Å²) < 4.78 is 20.8. The Balaban J connectivity index is 1.89. The molecule has 2 aromatic carbocycles. The van der Waals surface area contributed by atoms with E-state index in [1.807, 2.05) is 0 Å². The van der Waals surface area contributed by atoms with Crippen LogP contribution in [-0.4, -0.2) is 24.3 Å². The van der Waals surface area contributed by atoms with Crippen LogP contribution >= 0.6 is 0 Å². The first kappa shape index (κ1) is 15.6. The van der Waals surface area contributed by atoms with Crippen molar-refractivity contribution in [3.05, 3.63) is 52.1 Å².